The summed E-state index contributed by atoms with van der Waals surface area (Å²) in [6.07, 6.45) is 1.26. The van der Waals surface area contributed by atoms with Gasteiger partial charge in [-0.25, -0.2) is 4.79 Å². The standard InChI is InChI=1S/C14H15N3O3/c1-8-9(5-4-6-11(8)15)12(18)10-7-16(2)14(20)17(3)13(10)19/h4-7H,15H2,1-3H3. The molecule has 0 radical (unpaired) electrons. The Kier molecular flexibility index (Phi) is 3.31. The lowest BCUT2D eigenvalue weighted by molar-refractivity contribution is 0.103. The molecule has 0 aliphatic rings. The summed E-state index contributed by atoms with van der Waals surface area (Å²) in [5.41, 5.74) is 6.09. The van der Waals surface area contributed by atoms with Crippen molar-refractivity contribution >= 4 is 11.5 Å². The number of rotatable bonds is 2. The number of carbonyl (C=O) groups is 1. The van der Waals surface area contributed by atoms with E-state index in [0.717, 1.165) is 4.57 Å². The summed E-state index contributed by atoms with van der Waals surface area (Å²) in [7, 11) is 2.83. The fraction of sp³-hybridized carbons (Fsp3) is 0.214. The Hall–Kier alpha value is -2.63. The molecular weight excluding hydrogens is 258 g/mol. The highest BCUT2D eigenvalue weighted by Crippen LogP contribution is 2.17. The van der Waals surface area contributed by atoms with Crippen LogP contribution in [0.4, 0.5) is 5.69 Å². The SMILES string of the molecule is Cc1c(N)cccc1C(=O)c1cn(C)c(=O)n(C)c1=O. The quantitative estimate of drug-likeness (QED) is 0.625. The monoisotopic (exact) mass is 273 g/mol. The summed E-state index contributed by atoms with van der Waals surface area (Å²) in [4.78, 5) is 36.1. The molecule has 0 aliphatic carbocycles. The fourth-order valence-electron chi connectivity index (χ4n) is 2.01. The molecule has 0 saturated carbocycles. The Balaban J connectivity index is 2.70. The molecule has 6 nitrogen and oxygen atoms in total. The molecule has 104 valence electrons. The summed E-state index contributed by atoms with van der Waals surface area (Å²) in [6, 6.07) is 4.95. The van der Waals surface area contributed by atoms with Crippen LogP contribution in [-0.4, -0.2) is 14.9 Å². The maximum Gasteiger partial charge on any atom is 0.330 e. The lowest BCUT2D eigenvalue weighted by Gasteiger charge is -2.09. The molecule has 0 aliphatic heterocycles. The zero-order valence-corrected chi connectivity index (χ0v) is 11.5. The Bertz CT molecular complexity index is 815. The Morgan fingerprint density at radius 3 is 2.45 bits per heavy atom. The molecule has 0 spiro atoms. The number of hydrogen-bond donors (Lipinski definition) is 1. The minimum absolute atomic E-state index is 0.0525. The molecule has 0 atom stereocenters. The second kappa shape index (κ2) is 4.80. The zero-order valence-electron chi connectivity index (χ0n) is 11.5. The third-order valence-corrected chi connectivity index (χ3v) is 3.31. The van der Waals surface area contributed by atoms with Crippen LogP contribution in [0.25, 0.3) is 0 Å². The number of ketones is 1. The molecule has 0 bridgehead atoms. The summed E-state index contributed by atoms with van der Waals surface area (Å²) < 4.78 is 2.12. The molecule has 1 aromatic heterocycles. The van der Waals surface area contributed by atoms with E-state index in [2.05, 4.69) is 0 Å². The Morgan fingerprint density at radius 2 is 1.80 bits per heavy atom. The van der Waals surface area contributed by atoms with Crippen LogP contribution in [-0.2, 0) is 14.1 Å². The molecule has 1 aromatic carbocycles. The molecule has 2 rings (SSSR count). The van der Waals surface area contributed by atoms with Gasteiger partial charge in [-0.3, -0.25) is 14.2 Å². The summed E-state index contributed by atoms with van der Waals surface area (Å²) in [6.45, 7) is 1.72. The van der Waals surface area contributed by atoms with Crippen molar-refractivity contribution in [2.75, 3.05) is 5.73 Å². The van der Waals surface area contributed by atoms with Gasteiger partial charge in [0.05, 0.1) is 0 Å². The van der Waals surface area contributed by atoms with E-state index in [0.29, 0.717) is 16.8 Å². The lowest BCUT2D eigenvalue weighted by atomic mass is 9.99. The zero-order chi connectivity index (χ0) is 15.0. The molecule has 1 heterocycles. The third-order valence-electron chi connectivity index (χ3n) is 3.31. The summed E-state index contributed by atoms with van der Waals surface area (Å²) in [5.74, 6) is -0.439. The molecule has 0 saturated heterocycles. The largest absolute Gasteiger partial charge is 0.398 e. The predicted octanol–water partition coefficient (Wildman–Crippen LogP) is 0.206. The van der Waals surface area contributed by atoms with Crippen LogP contribution >= 0.6 is 0 Å². The van der Waals surface area contributed by atoms with E-state index in [9.17, 15) is 14.4 Å². The van der Waals surface area contributed by atoms with Crippen molar-refractivity contribution in [2.24, 2.45) is 14.1 Å². The van der Waals surface area contributed by atoms with E-state index < -0.39 is 17.0 Å². The number of benzene rings is 1. The van der Waals surface area contributed by atoms with Gasteiger partial charge < -0.3 is 10.3 Å². The number of aryl methyl sites for hydroxylation is 1. The molecule has 0 amide bonds. The maximum absolute atomic E-state index is 12.5. The van der Waals surface area contributed by atoms with Crippen molar-refractivity contribution in [3.63, 3.8) is 0 Å². The van der Waals surface area contributed by atoms with Gasteiger partial charge >= 0.3 is 5.69 Å². The lowest BCUT2D eigenvalue weighted by Crippen LogP contribution is -2.39. The van der Waals surface area contributed by atoms with Gasteiger partial charge in [-0.2, -0.15) is 0 Å². The van der Waals surface area contributed by atoms with E-state index >= 15 is 0 Å². The Morgan fingerprint density at radius 1 is 1.15 bits per heavy atom. The average Bonchev–Trinajstić information content (AvgIpc) is 2.43. The topological polar surface area (TPSA) is 87.1 Å². The van der Waals surface area contributed by atoms with Crippen molar-refractivity contribution in [3.8, 4) is 0 Å². The van der Waals surface area contributed by atoms with Gasteiger partial charge in [0.1, 0.15) is 5.56 Å². The number of aromatic nitrogens is 2. The van der Waals surface area contributed by atoms with Crippen molar-refractivity contribution in [1.82, 2.24) is 9.13 Å². The van der Waals surface area contributed by atoms with Gasteiger partial charge in [0.2, 0.25) is 0 Å². The minimum atomic E-state index is -0.611. The summed E-state index contributed by atoms with van der Waals surface area (Å²) in [5, 5.41) is 0. The van der Waals surface area contributed by atoms with Gasteiger partial charge in [0, 0.05) is 31.5 Å². The van der Waals surface area contributed by atoms with Crippen molar-refractivity contribution < 1.29 is 4.79 Å². The van der Waals surface area contributed by atoms with Crippen LogP contribution in [0.2, 0.25) is 0 Å². The number of nitrogens with two attached hydrogens (primary N) is 1. The van der Waals surface area contributed by atoms with E-state index in [-0.39, 0.29) is 5.56 Å². The highest BCUT2D eigenvalue weighted by atomic mass is 16.2. The average molecular weight is 273 g/mol. The highest BCUT2D eigenvalue weighted by molar-refractivity contribution is 6.10. The van der Waals surface area contributed by atoms with Crippen LogP contribution in [0.15, 0.2) is 34.0 Å². The van der Waals surface area contributed by atoms with Crippen LogP contribution in [0.5, 0.6) is 0 Å². The first-order chi connectivity index (χ1) is 9.34. The van der Waals surface area contributed by atoms with Gasteiger partial charge in [0.25, 0.3) is 5.56 Å². The van der Waals surface area contributed by atoms with Gasteiger partial charge in [-0.1, -0.05) is 12.1 Å². The van der Waals surface area contributed by atoms with Gasteiger partial charge in [-0.05, 0) is 18.6 Å². The van der Waals surface area contributed by atoms with Crippen molar-refractivity contribution in [3.05, 3.63) is 61.9 Å². The summed E-state index contributed by atoms with van der Waals surface area (Å²) >= 11 is 0. The van der Waals surface area contributed by atoms with E-state index in [1.807, 2.05) is 0 Å². The molecule has 0 fully saturated rings. The number of hydrogen-bond acceptors (Lipinski definition) is 4. The normalized spacial score (nSPS) is 10.6. The van der Waals surface area contributed by atoms with Crippen LogP contribution < -0.4 is 17.0 Å². The maximum atomic E-state index is 12.5. The van der Waals surface area contributed by atoms with E-state index in [1.54, 1.807) is 25.1 Å². The van der Waals surface area contributed by atoms with Crippen LogP contribution in [0, 0.1) is 6.92 Å². The number of anilines is 1. The number of nitrogen functional groups attached to an aromatic ring is 1. The van der Waals surface area contributed by atoms with Crippen LogP contribution in [0.3, 0.4) is 0 Å². The second-order valence-electron chi connectivity index (χ2n) is 4.65. The highest BCUT2D eigenvalue weighted by Gasteiger charge is 2.18. The first kappa shape index (κ1) is 13.8. The molecule has 0 unspecified atom stereocenters. The molecular formula is C14H15N3O3. The fourth-order valence-corrected chi connectivity index (χ4v) is 2.01. The molecule has 20 heavy (non-hydrogen) atoms. The van der Waals surface area contributed by atoms with E-state index in [4.69, 9.17) is 5.73 Å². The third kappa shape index (κ3) is 2.05. The smallest absolute Gasteiger partial charge is 0.330 e. The molecule has 6 heteroatoms. The van der Waals surface area contributed by atoms with Crippen molar-refractivity contribution in [1.29, 1.82) is 0 Å². The Labute approximate surface area is 115 Å². The predicted molar refractivity (Wildman–Crippen MR) is 75.9 cm³/mol. The number of nitrogens with zero attached hydrogens (tertiary/aromatic N) is 2. The van der Waals surface area contributed by atoms with Gasteiger partial charge in [0.15, 0.2) is 5.78 Å². The number of carbonyl (C=O) groups excluding carboxylic acids is 1. The first-order valence-electron chi connectivity index (χ1n) is 6.01. The first-order valence-corrected chi connectivity index (χ1v) is 6.01. The van der Waals surface area contributed by atoms with Gasteiger partial charge in [-0.15, -0.1) is 0 Å². The van der Waals surface area contributed by atoms with Crippen molar-refractivity contribution in [2.45, 2.75) is 6.92 Å². The van der Waals surface area contributed by atoms with E-state index in [1.165, 1.54) is 24.9 Å². The minimum Gasteiger partial charge on any atom is -0.398 e. The molecule has 2 aromatic rings. The second-order valence-corrected chi connectivity index (χ2v) is 4.65. The van der Waals surface area contributed by atoms with Crippen LogP contribution in [0.1, 0.15) is 21.5 Å². The molecule has 2 N–H and O–H groups in total.